The molecule has 1 amide bonds. The summed E-state index contributed by atoms with van der Waals surface area (Å²) >= 11 is 0. The standard InChI is InChI=1S/C13H23N3O/c1-10-7-15-6-2-3-11(15)8-16(10)12(17)13(9-14)4-5-13/h10-11H,2-9,14H2,1H3. The van der Waals surface area contributed by atoms with Crippen molar-refractivity contribution in [1.82, 2.24) is 9.80 Å². The van der Waals surface area contributed by atoms with Crippen molar-refractivity contribution < 1.29 is 4.79 Å². The lowest BCUT2D eigenvalue weighted by Gasteiger charge is -2.43. The lowest BCUT2D eigenvalue weighted by atomic mass is 10.0. The van der Waals surface area contributed by atoms with E-state index in [0.29, 0.717) is 24.5 Å². The van der Waals surface area contributed by atoms with Crippen LogP contribution in [0.3, 0.4) is 0 Å². The van der Waals surface area contributed by atoms with Crippen LogP contribution in [0, 0.1) is 5.41 Å². The van der Waals surface area contributed by atoms with E-state index in [9.17, 15) is 4.79 Å². The van der Waals surface area contributed by atoms with Gasteiger partial charge in [-0.05, 0) is 39.2 Å². The fourth-order valence-electron chi connectivity index (χ4n) is 3.43. The summed E-state index contributed by atoms with van der Waals surface area (Å²) in [6, 6.07) is 0.976. The van der Waals surface area contributed by atoms with Gasteiger partial charge in [0.25, 0.3) is 0 Å². The van der Waals surface area contributed by atoms with E-state index < -0.39 is 0 Å². The van der Waals surface area contributed by atoms with Crippen LogP contribution in [0.1, 0.15) is 32.6 Å². The molecule has 1 saturated carbocycles. The second-order valence-electron chi connectivity index (χ2n) is 6.08. The Labute approximate surface area is 103 Å². The molecule has 0 aromatic heterocycles. The lowest BCUT2D eigenvalue weighted by Crippen LogP contribution is -2.58. The first-order chi connectivity index (χ1) is 8.16. The van der Waals surface area contributed by atoms with Gasteiger partial charge in [0.05, 0.1) is 5.41 Å². The molecule has 4 nitrogen and oxygen atoms in total. The summed E-state index contributed by atoms with van der Waals surface area (Å²) in [4.78, 5) is 17.2. The maximum atomic E-state index is 12.5. The average Bonchev–Trinajstić information content (AvgIpc) is 3.01. The number of amides is 1. The van der Waals surface area contributed by atoms with Crippen LogP contribution in [0.4, 0.5) is 0 Å². The number of nitrogens with two attached hydrogens (primary N) is 1. The van der Waals surface area contributed by atoms with Crippen LogP contribution in [0.25, 0.3) is 0 Å². The molecule has 3 aliphatic rings. The molecule has 3 rings (SSSR count). The Kier molecular flexibility index (Phi) is 2.67. The van der Waals surface area contributed by atoms with E-state index in [2.05, 4.69) is 16.7 Å². The minimum atomic E-state index is -0.172. The van der Waals surface area contributed by atoms with Crippen molar-refractivity contribution in [3.05, 3.63) is 0 Å². The number of hydrogen-bond acceptors (Lipinski definition) is 3. The highest BCUT2D eigenvalue weighted by Crippen LogP contribution is 2.47. The molecule has 2 heterocycles. The minimum absolute atomic E-state index is 0.172. The minimum Gasteiger partial charge on any atom is -0.337 e. The first-order valence-electron chi connectivity index (χ1n) is 6.91. The SMILES string of the molecule is CC1CN2CCCC2CN1C(=O)C1(CN)CC1. The summed E-state index contributed by atoms with van der Waals surface area (Å²) in [6.07, 6.45) is 4.55. The third-order valence-electron chi connectivity index (χ3n) is 4.90. The molecule has 0 spiro atoms. The van der Waals surface area contributed by atoms with E-state index in [1.165, 1.54) is 19.4 Å². The van der Waals surface area contributed by atoms with Crippen LogP contribution in [-0.4, -0.2) is 54.0 Å². The molecule has 2 N–H and O–H groups in total. The maximum absolute atomic E-state index is 12.5. The molecule has 17 heavy (non-hydrogen) atoms. The van der Waals surface area contributed by atoms with E-state index in [4.69, 9.17) is 5.73 Å². The van der Waals surface area contributed by atoms with Gasteiger partial charge in [0.2, 0.25) is 5.91 Å². The molecule has 0 aromatic rings. The van der Waals surface area contributed by atoms with Crippen LogP contribution < -0.4 is 5.73 Å². The third kappa shape index (κ3) is 1.78. The summed E-state index contributed by atoms with van der Waals surface area (Å²) in [7, 11) is 0. The van der Waals surface area contributed by atoms with Gasteiger partial charge in [0.1, 0.15) is 0 Å². The largest absolute Gasteiger partial charge is 0.337 e. The Morgan fingerprint density at radius 1 is 1.41 bits per heavy atom. The maximum Gasteiger partial charge on any atom is 0.230 e. The first-order valence-corrected chi connectivity index (χ1v) is 6.91. The topological polar surface area (TPSA) is 49.6 Å². The van der Waals surface area contributed by atoms with Crippen molar-refractivity contribution in [2.24, 2.45) is 11.1 Å². The van der Waals surface area contributed by atoms with Crippen molar-refractivity contribution in [3.63, 3.8) is 0 Å². The number of carbonyl (C=O) groups excluding carboxylic acids is 1. The molecule has 0 radical (unpaired) electrons. The number of fused-ring (bicyclic) bond motifs is 1. The summed E-state index contributed by atoms with van der Waals surface area (Å²) in [5.74, 6) is 0.332. The van der Waals surface area contributed by atoms with E-state index in [-0.39, 0.29) is 5.41 Å². The van der Waals surface area contributed by atoms with E-state index >= 15 is 0 Å². The van der Waals surface area contributed by atoms with Gasteiger partial charge in [-0.15, -0.1) is 0 Å². The highest BCUT2D eigenvalue weighted by atomic mass is 16.2. The molecule has 96 valence electrons. The number of piperazine rings is 1. The van der Waals surface area contributed by atoms with Gasteiger partial charge in [0.15, 0.2) is 0 Å². The zero-order valence-electron chi connectivity index (χ0n) is 10.7. The van der Waals surface area contributed by atoms with Crippen LogP contribution >= 0.6 is 0 Å². The number of nitrogens with zero attached hydrogens (tertiary/aromatic N) is 2. The lowest BCUT2D eigenvalue weighted by molar-refractivity contribution is -0.142. The Bertz CT molecular complexity index is 327. The molecular formula is C13H23N3O. The average molecular weight is 237 g/mol. The van der Waals surface area contributed by atoms with E-state index in [0.717, 1.165) is 25.9 Å². The molecular weight excluding hydrogens is 214 g/mol. The molecule has 0 aromatic carbocycles. The predicted octanol–water partition coefficient (Wildman–Crippen LogP) is 0.420. The van der Waals surface area contributed by atoms with Gasteiger partial charge in [-0.2, -0.15) is 0 Å². The monoisotopic (exact) mass is 237 g/mol. The first kappa shape index (κ1) is 11.5. The highest BCUT2D eigenvalue weighted by molar-refractivity contribution is 5.86. The molecule has 1 aliphatic carbocycles. The molecule has 2 unspecified atom stereocenters. The van der Waals surface area contributed by atoms with Crippen LogP contribution in [0.2, 0.25) is 0 Å². The van der Waals surface area contributed by atoms with Gasteiger partial charge < -0.3 is 10.6 Å². The quantitative estimate of drug-likeness (QED) is 0.757. The van der Waals surface area contributed by atoms with E-state index in [1.54, 1.807) is 0 Å². The van der Waals surface area contributed by atoms with Crippen LogP contribution in [0.5, 0.6) is 0 Å². The zero-order valence-corrected chi connectivity index (χ0v) is 10.7. The summed E-state index contributed by atoms with van der Waals surface area (Å²) in [5, 5.41) is 0. The number of carbonyl (C=O) groups is 1. The normalized spacial score (nSPS) is 35.8. The van der Waals surface area contributed by atoms with Gasteiger partial charge >= 0.3 is 0 Å². The fraction of sp³-hybridized carbons (Fsp3) is 0.923. The second-order valence-corrected chi connectivity index (χ2v) is 6.08. The highest BCUT2D eigenvalue weighted by Gasteiger charge is 2.52. The Morgan fingerprint density at radius 2 is 2.18 bits per heavy atom. The van der Waals surface area contributed by atoms with Crippen molar-refractivity contribution >= 4 is 5.91 Å². The summed E-state index contributed by atoms with van der Waals surface area (Å²) < 4.78 is 0. The number of hydrogen-bond donors (Lipinski definition) is 1. The molecule has 3 fully saturated rings. The second kappa shape index (κ2) is 3.95. The van der Waals surface area contributed by atoms with Crippen molar-refractivity contribution in [1.29, 1.82) is 0 Å². The molecule has 4 heteroatoms. The van der Waals surface area contributed by atoms with Gasteiger partial charge in [-0.3, -0.25) is 9.69 Å². The molecule has 2 saturated heterocycles. The van der Waals surface area contributed by atoms with Crippen molar-refractivity contribution in [2.75, 3.05) is 26.2 Å². The molecule has 2 atom stereocenters. The summed E-state index contributed by atoms with van der Waals surface area (Å²) in [6.45, 7) is 5.92. The Balaban J connectivity index is 1.72. The zero-order chi connectivity index (χ0) is 12.0. The predicted molar refractivity (Wildman–Crippen MR) is 66.5 cm³/mol. The third-order valence-corrected chi connectivity index (χ3v) is 4.90. The Hall–Kier alpha value is -0.610. The number of rotatable bonds is 2. The van der Waals surface area contributed by atoms with Crippen LogP contribution in [0.15, 0.2) is 0 Å². The fourth-order valence-corrected chi connectivity index (χ4v) is 3.43. The Morgan fingerprint density at radius 3 is 2.82 bits per heavy atom. The van der Waals surface area contributed by atoms with Crippen LogP contribution in [-0.2, 0) is 4.79 Å². The smallest absolute Gasteiger partial charge is 0.230 e. The van der Waals surface area contributed by atoms with Crippen molar-refractivity contribution in [3.8, 4) is 0 Å². The van der Waals surface area contributed by atoms with Gasteiger partial charge in [-0.1, -0.05) is 0 Å². The van der Waals surface area contributed by atoms with Crippen molar-refractivity contribution in [2.45, 2.75) is 44.7 Å². The van der Waals surface area contributed by atoms with Gasteiger partial charge in [-0.25, -0.2) is 0 Å². The molecule has 2 aliphatic heterocycles. The van der Waals surface area contributed by atoms with Gasteiger partial charge in [0, 0.05) is 31.7 Å². The van der Waals surface area contributed by atoms with E-state index in [1.807, 2.05) is 0 Å². The molecule has 0 bridgehead atoms. The summed E-state index contributed by atoms with van der Waals surface area (Å²) in [5.41, 5.74) is 5.60.